The van der Waals surface area contributed by atoms with E-state index >= 15 is 0 Å². The molecule has 0 bridgehead atoms. The Kier molecular flexibility index (Phi) is 4.52. The number of amides is 1. The minimum atomic E-state index is -0.202. The lowest BCUT2D eigenvalue weighted by atomic mass is 9.93. The highest BCUT2D eigenvalue weighted by Crippen LogP contribution is 2.37. The molecule has 2 aromatic heterocycles. The highest BCUT2D eigenvalue weighted by Gasteiger charge is 2.37. The lowest BCUT2D eigenvalue weighted by Gasteiger charge is -2.19. The second-order valence-electron chi connectivity index (χ2n) is 6.02. The Morgan fingerprint density at radius 1 is 1.48 bits per heavy atom. The number of hydrogen-bond acceptors (Lipinski definition) is 4. The number of carbonyl (C=O) groups excluding carboxylic acids is 1. The maximum atomic E-state index is 12.5. The van der Waals surface area contributed by atoms with Crippen molar-refractivity contribution < 1.29 is 13.9 Å². The molecule has 23 heavy (non-hydrogen) atoms. The molecule has 0 radical (unpaired) electrons. The van der Waals surface area contributed by atoms with Crippen molar-refractivity contribution in [2.24, 2.45) is 13.0 Å². The lowest BCUT2D eigenvalue weighted by Crippen LogP contribution is -2.33. The van der Waals surface area contributed by atoms with Gasteiger partial charge in [-0.05, 0) is 32.4 Å². The Hall–Kier alpha value is -2.08. The third-order valence-electron chi connectivity index (χ3n) is 4.53. The first-order valence-corrected chi connectivity index (χ1v) is 7.99. The van der Waals surface area contributed by atoms with Crippen LogP contribution in [-0.4, -0.2) is 28.8 Å². The molecule has 1 aliphatic heterocycles. The zero-order valence-electron chi connectivity index (χ0n) is 13.8. The van der Waals surface area contributed by atoms with E-state index in [9.17, 15) is 4.79 Å². The number of aromatic nitrogens is 2. The first-order valence-electron chi connectivity index (χ1n) is 7.99. The van der Waals surface area contributed by atoms with Crippen LogP contribution in [0.15, 0.2) is 22.8 Å². The van der Waals surface area contributed by atoms with Crippen molar-refractivity contribution >= 4 is 5.91 Å². The molecule has 6 nitrogen and oxygen atoms in total. The van der Waals surface area contributed by atoms with E-state index in [1.807, 2.05) is 37.7 Å². The van der Waals surface area contributed by atoms with Crippen LogP contribution in [0.2, 0.25) is 0 Å². The van der Waals surface area contributed by atoms with Crippen LogP contribution in [0.4, 0.5) is 0 Å². The molecule has 2 aromatic rings. The molecule has 1 N–H and O–H groups in total. The molecule has 0 aromatic carbocycles. The van der Waals surface area contributed by atoms with Crippen LogP contribution >= 0.6 is 0 Å². The Morgan fingerprint density at radius 3 is 2.96 bits per heavy atom. The fourth-order valence-corrected chi connectivity index (χ4v) is 3.24. The molecule has 1 fully saturated rings. The number of nitrogens with zero attached hydrogens (tertiary/aromatic N) is 2. The SMILES string of the molecule is Cc1nn(C)c(C)c1[C@H]1OCC[C@@H]1C(=O)NCCc1ccco1. The second-order valence-corrected chi connectivity index (χ2v) is 6.02. The first-order chi connectivity index (χ1) is 11.1. The summed E-state index contributed by atoms with van der Waals surface area (Å²) in [5, 5.41) is 7.44. The highest BCUT2D eigenvalue weighted by atomic mass is 16.5. The van der Waals surface area contributed by atoms with Gasteiger partial charge in [-0.2, -0.15) is 5.10 Å². The van der Waals surface area contributed by atoms with Crippen LogP contribution in [0, 0.1) is 19.8 Å². The summed E-state index contributed by atoms with van der Waals surface area (Å²) < 4.78 is 13.0. The van der Waals surface area contributed by atoms with E-state index in [1.54, 1.807) is 6.26 Å². The summed E-state index contributed by atoms with van der Waals surface area (Å²) in [6.45, 7) is 5.16. The number of carbonyl (C=O) groups is 1. The molecule has 1 saturated heterocycles. The van der Waals surface area contributed by atoms with E-state index in [4.69, 9.17) is 9.15 Å². The summed E-state index contributed by atoms with van der Waals surface area (Å²) >= 11 is 0. The van der Waals surface area contributed by atoms with Crippen molar-refractivity contribution in [3.8, 4) is 0 Å². The van der Waals surface area contributed by atoms with Gasteiger partial charge in [0.2, 0.25) is 5.91 Å². The summed E-state index contributed by atoms with van der Waals surface area (Å²) in [4.78, 5) is 12.5. The fourth-order valence-electron chi connectivity index (χ4n) is 3.24. The zero-order chi connectivity index (χ0) is 16.4. The minimum Gasteiger partial charge on any atom is -0.469 e. The van der Waals surface area contributed by atoms with Crippen molar-refractivity contribution in [2.45, 2.75) is 32.8 Å². The van der Waals surface area contributed by atoms with Crippen LogP contribution in [0.5, 0.6) is 0 Å². The Balaban J connectivity index is 1.65. The van der Waals surface area contributed by atoms with E-state index in [0.717, 1.165) is 29.1 Å². The maximum absolute atomic E-state index is 12.5. The molecular weight excluding hydrogens is 294 g/mol. The molecule has 3 heterocycles. The first kappa shape index (κ1) is 15.8. The van der Waals surface area contributed by atoms with Gasteiger partial charge in [-0.15, -0.1) is 0 Å². The number of ether oxygens (including phenoxy) is 1. The van der Waals surface area contributed by atoms with Crippen LogP contribution in [0.3, 0.4) is 0 Å². The van der Waals surface area contributed by atoms with Crippen molar-refractivity contribution in [3.63, 3.8) is 0 Å². The lowest BCUT2D eigenvalue weighted by molar-refractivity contribution is -0.126. The van der Waals surface area contributed by atoms with Crippen LogP contribution < -0.4 is 5.32 Å². The maximum Gasteiger partial charge on any atom is 0.226 e. The highest BCUT2D eigenvalue weighted by molar-refractivity contribution is 5.79. The van der Waals surface area contributed by atoms with Gasteiger partial charge in [-0.25, -0.2) is 0 Å². The molecule has 6 heteroatoms. The zero-order valence-corrected chi connectivity index (χ0v) is 13.8. The molecule has 2 atom stereocenters. The third-order valence-corrected chi connectivity index (χ3v) is 4.53. The average molecular weight is 317 g/mol. The Morgan fingerprint density at radius 2 is 2.30 bits per heavy atom. The molecular formula is C17H23N3O3. The van der Waals surface area contributed by atoms with Gasteiger partial charge in [0.05, 0.1) is 24.0 Å². The molecule has 1 amide bonds. The van der Waals surface area contributed by atoms with Crippen molar-refractivity contribution in [1.29, 1.82) is 0 Å². The van der Waals surface area contributed by atoms with Crippen molar-refractivity contribution in [2.75, 3.05) is 13.2 Å². The van der Waals surface area contributed by atoms with Gasteiger partial charge in [0, 0.05) is 37.9 Å². The summed E-state index contributed by atoms with van der Waals surface area (Å²) in [5.74, 6) is 0.762. The van der Waals surface area contributed by atoms with Gasteiger partial charge >= 0.3 is 0 Å². The number of rotatable bonds is 5. The van der Waals surface area contributed by atoms with Crippen LogP contribution in [0.25, 0.3) is 0 Å². The standard InChI is InChI=1S/C17H23N3O3/c1-11-15(12(2)20(3)19-11)16-14(7-10-23-16)17(21)18-8-6-13-5-4-9-22-13/h4-5,9,14,16H,6-8,10H2,1-3H3,(H,18,21)/t14-,16-/m0/s1. The van der Waals surface area contributed by atoms with E-state index in [-0.39, 0.29) is 17.9 Å². The number of nitrogens with one attached hydrogen (secondary N) is 1. The summed E-state index contributed by atoms with van der Waals surface area (Å²) in [6.07, 6.45) is 2.88. The van der Waals surface area contributed by atoms with Gasteiger partial charge in [0.25, 0.3) is 0 Å². The molecule has 3 rings (SSSR count). The Labute approximate surface area is 135 Å². The van der Waals surface area contributed by atoms with Crippen LogP contribution in [0.1, 0.15) is 35.2 Å². The summed E-state index contributed by atoms with van der Waals surface area (Å²) in [7, 11) is 1.92. The quantitative estimate of drug-likeness (QED) is 0.916. The normalized spacial score (nSPS) is 20.8. The smallest absolute Gasteiger partial charge is 0.226 e. The predicted octanol–water partition coefficient (Wildman–Crippen LogP) is 2.07. The molecule has 0 aliphatic carbocycles. The van der Waals surface area contributed by atoms with Gasteiger partial charge in [0.1, 0.15) is 5.76 Å². The minimum absolute atomic E-state index is 0.0432. The topological polar surface area (TPSA) is 69.3 Å². The number of hydrogen-bond donors (Lipinski definition) is 1. The molecule has 124 valence electrons. The monoisotopic (exact) mass is 317 g/mol. The number of furan rings is 1. The van der Waals surface area contributed by atoms with Gasteiger partial charge < -0.3 is 14.5 Å². The largest absolute Gasteiger partial charge is 0.469 e. The van der Waals surface area contributed by atoms with E-state index < -0.39 is 0 Å². The summed E-state index contributed by atoms with van der Waals surface area (Å²) in [6, 6.07) is 3.77. The second kappa shape index (κ2) is 6.58. The van der Waals surface area contributed by atoms with Crippen molar-refractivity contribution in [1.82, 2.24) is 15.1 Å². The predicted molar refractivity (Wildman–Crippen MR) is 84.9 cm³/mol. The molecule has 1 aliphatic rings. The average Bonchev–Trinajstić information content (AvgIpc) is 3.22. The van der Waals surface area contributed by atoms with E-state index in [2.05, 4.69) is 10.4 Å². The van der Waals surface area contributed by atoms with E-state index in [0.29, 0.717) is 19.6 Å². The number of aryl methyl sites for hydroxylation is 2. The van der Waals surface area contributed by atoms with E-state index in [1.165, 1.54) is 0 Å². The van der Waals surface area contributed by atoms with Crippen LogP contribution in [-0.2, 0) is 23.0 Å². The van der Waals surface area contributed by atoms with Gasteiger partial charge in [0.15, 0.2) is 0 Å². The molecule has 0 saturated carbocycles. The Bertz CT molecular complexity index is 676. The summed E-state index contributed by atoms with van der Waals surface area (Å²) in [5.41, 5.74) is 3.05. The molecule has 0 unspecified atom stereocenters. The van der Waals surface area contributed by atoms with Gasteiger partial charge in [-0.1, -0.05) is 0 Å². The third kappa shape index (κ3) is 3.17. The molecule has 0 spiro atoms. The van der Waals surface area contributed by atoms with Crippen molar-refractivity contribution in [3.05, 3.63) is 41.1 Å². The van der Waals surface area contributed by atoms with Gasteiger partial charge in [-0.3, -0.25) is 9.48 Å². The fraction of sp³-hybridized carbons (Fsp3) is 0.529.